The van der Waals surface area contributed by atoms with Gasteiger partial charge in [0.2, 0.25) is 0 Å². The van der Waals surface area contributed by atoms with Crippen molar-refractivity contribution in [2.45, 2.75) is 6.42 Å². The molecule has 2 heterocycles. The van der Waals surface area contributed by atoms with Crippen LogP contribution in [0.5, 0.6) is 0 Å². The summed E-state index contributed by atoms with van der Waals surface area (Å²) >= 11 is 0. The smallest absolute Gasteiger partial charge is 0.166 e. The van der Waals surface area contributed by atoms with Crippen LogP contribution < -0.4 is 4.90 Å². The number of anilines is 1. The quantitative estimate of drug-likeness (QED) is 0.656. The van der Waals surface area contributed by atoms with E-state index >= 15 is 0 Å². The molecule has 0 aliphatic carbocycles. The van der Waals surface area contributed by atoms with E-state index in [4.69, 9.17) is 4.42 Å². The van der Waals surface area contributed by atoms with Crippen molar-refractivity contribution in [3.05, 3.63) is 30.0 Å². The number of carbonyl (C=O) groups excluding carboxylic acids is 1. The highest BCUT2D eigenvalue weighted by atomic mass is 16.3. The monoisotopic (exact) mass is 201 g/mol. The first-order valence-corrected chi connectivity index (χ1v) is 5.02. The van der Waals surface area contributed by atoms with Crippen molar-refractivity contribution in [1.82, 2.24) is 0 Å². The summed E-state index contributed by atoms with van der Waals surface area (Å²) in [5.74, 6) is 0.228. The fraction of sp³-hybridized carbons (Fsp3) is 0.250. The van der Waals surface area contributed by atoms with Gasteiger partial charge in [0, 0.05) is 31.0 Å². The molecule has 0 amide bonds. The van der Waals surface area contributed by atoms with Gasteiger partial charge in [-0.3, -0.25) is 4.79 Å². The molecule has 0 saturated carbocycles. The summed E-state index contributed by atoms with van der Waals surface area (Å²) in [4.78, 5) is 13.9. The summed E-state index contributed by atoms with van der Waals surface area (Å²) in [6, 6.07) is 5.65. The molecule has 0 N–H and O–H groups in total. The van der Waals surface area contributed by atoms with Crippen molar-refractivity contribution in [2.75, 3.05) is 18.5 Å². The van der Waals surface area contributed by atoms with Crippen LogP contribution in [0.4, 0.5) is 5.69 Å². The van der Waals surface area contributed by atoms with Gasteiger partial charge in [-0.05, 0) is 18.2 Å². The van der Waals surface area contributed by atoms with Gasteiger partial charge in [-0.15, -0.1) is 0 Å². The van der Waals surface area contributed by atoms with E-state index in [-0.39, 0.29) is 5.78 Å². The van der Waals surface area contributed by atoms with E-state index in [1.165, 1.54) is 0 Å². The average Bonchev–Trinajstić information content (AvgIpc) is 2.70. The molecule has 1 aliphatic heterocycles. The van der Waals surface area contributed by atoms with Gasteiger partial charge in [-0.25, -0.2) is 0 Å². The molecule has 1 aliphatic rings. The highest BCUT2D eigenvalue weighted by Gasteiger charge is 2.23. The van der Waals surface area contributed by atoms with Crippen LogP contribution in [-0.4, -0.2) is 19.4 Å². The second kappa shape index (κ2) is 2.86. The number of hydrogen-bond acceptors (Lipinski definition) is 3. The molecule has 0 fully saturated rings. The van der Waals surface area contributed by atoms with E-state index in [0.29, 0.717) is 6.42 Å². The Morgan fingerprint density at radius 1 is 1.33 bits per heavy atom. The highest BCUT2D eigenvalue weighted by molar-refractivity contribution is 6.10. The highest BCUT2D eigenvalue weighted by Crippen LogP contribution is 2.34. The first-order chi connectivity index (χ1) is 7.27. The van der Waals surface area contributed by atoms with Crippen molar-refractivity contribution in [3.63, 3.8) is 0 Å². The van der Waals surface area contributed by atoms with Gasteiger partial charge in [-0.1, -0.05) is 0 Å². The number of hydrogen-bond donors (Lipinski definition) is 0. The van der Waals surface area contributed by atoms with Crippen molar-refractivity contribution < 1.29 is 9.21 Å². The molecular weight excluding hydrogens is 190 g/mol. The van der Waals surface area contributed by atoms with Crippen molar-refractivity contribution in [2.24, 2.45) is 0 Å². The number of Topliss-reactive ketones (excluding diaryl/α,β-unsaturated/α-hetero) is 1. The second-order valence-electron chi connectivity index (χ2n) is 3.89. The van der Waals surface area contributed by atoms with Crippen LogP contribution in [-0.2, 0) is 0 Å². The third-order valence-corrected chi connectivity index (χ3v) is 2.96. The van der Waals surface area contributed by atoms with E-state index in [9.17, 15) is 4.79 Å². The van der Waals surface area contributed by atoms with Gasteiger partial charge in [0.15, 0.2) is 5.78 Å². The van der Waals surface area contributed by atoms with E-state index in [2.05, 4.69) is 4.90 Å². The summed E-state index contributed by atoms with van der Waals surface area (Å²) in [6.07, 6.45) is 2.27. The maximum atomic E-state index is 11.7. The fourth-order valence-corrected chi connectivity index (χ4v) is 2.18. The number of fused-ring (bicyclic) bond motifs is 3. The maximum absolute atomic E-state index is 11.7. The van der Waals surface area contributed by atoms with E-state index in [1.807, 2.05) is 25.2 Å². The first-order valence-electron chi connectivity index (χ1n) is 5.02. The third-order valence-electron chi connectivity index (χ3n) is 2.96. The van der Waals surface area contributed by atoms with Crippen LogP contribution in [0.2, 0.25) is 0 Å². The van der Waals surface area contributed by atoms with Crippen LogP contribution in [0, 0.1) is 0 Å². The lowest BCUT2D eigenvalue weighted by molar-refractivity contribution is 0.0981. The molecule has 0 atom stereocenters. The Morgan fingerprint density at radius 3 is 3.07 bits per heavy atom. The van der Waals surface area contributed by atoms with Crippen LogP contribution in [0.15, 0.2) is 28.9 Å². The predicted molar refractivity (Wildman–Crippen MR) is 58.4 cm³/mol. The topological polar surface area (TPSA) is 33.5 Å². The van der Waals surface area contributed by atoms with Crippen LogP contribution in [0.3, 0.4) is 0 Å². The zero-order chi connectivity index (χ0) is 10.4. The molecule has 1 aromatic heterocycles. The lowest BCUT2D eigenvalue weighted by Gasteiger charge is -2.26. The minimum Gasteiger partial charge on any atom is -0.464 e. The molecule has 1 aromatic carbocycles. The number of furan rings is 1. The molecule has 76 valence electrons. The SMILES string of the molecule is CN1CCC(=O)c2ccc3occc3c21. The van der Waals surface area contributed by atoms with Crippen molar-refractivity contribution in [3.8, 4) is 0 Å². The van der Waals surface area contributed by atoms with Crippen molar-refractivity contribution in [1.29, 1.82) is 0 Å². The lowest BCUT2D eigenvalue weighted by atomic mass is 9.98. The van der Waals surface area contributed by atoms with E-state index in [1.54, 1.807) is 6.26 Å². The Morgan fingerprint density at radius 2 is 2.20 bits per heavy atom. The molecule has 0 radical (unpaired) electrons. The molecule has 0 bridgehead atoms. The minimum atomic E-state index is 0.228. The molecule has 0 unspecified atom stereocenters. The molecule has 15 heavy (non-hydrogen) atoms. The predicted octanol–water partition coefficient (Wildman–Crippen LogP) is 2.46. The van der Waals surface area contributed by atoms with Crippen LogP contribution in [0.1, 0.15) is 16.8 Å². The lowest BCUT2D eigenvalue weighted by Crippen LogP contribution is -2.28. The molecular formula is C12H11NO2. The average molecular weight is 201 g/mol. The van der Waals surface area contributed by atoms with Crippen LogP contribution >= 0.6 is 0 Å². The normalized spacial score (nSPS) is 15.8. The zero-order valence-corrected chi connectivity index (χ0v) is 8.49. The van der Waals surface area contributed by atoms with E-state index in [0.717, 1.165) is 28.8 Å². The van der Waals surface area contributed by atoms with Crippen LogP contribution in [0.25, 0.3) is 11.0 Å². The van der Waals surface area contributed by atoms with Gasteiger partial charge < -0.3 is 9.32 Å². The van der Waals surface area contributed by atoms with Gasteiger partial charge in [0.1, 0.15) is 5.58 Å². The number of ketones is 1. The Balaban J connectivity index is 2.39. The van der Waals surface area contributed by atoms with Gasteiger partial charge in [0.25, 0.3) is 0 Å². The summed E-state index contributed by atoms with van der Waals surface area (Å²) in [5.41, 5.74) is 2.67. The maximum Gasteiger partial charge on any atom is 0.166 e. The molecule has 3 nitrogen and oxygen atoms in total. The molecule has 0 saturated heterocycles. The van der Waals surface area contributed by atoms with Gasteiger partial charge in [0.05, 0.1) is 12.0 Å². The van der Waals surface area contributed by atoms with Gasteiger partial charge in [-0.2, -0.15) is 0 Å². The zero-order valence-electron chi connectivity index (χ0n) is 8.49. The summed E-state index contributed by atoms with van der Waals surface area (Å²) in [5, 5.41) is 1.03. The fourth-order valence-electron chi connectivity index (χ4n) is 2.18. The minimum absolute atomic E-state index is 0.228. The van der Waals surface area contributed by atoms with E-state index < -0.39 is 0 Å². The summed E-state index contributed by atoms with van der Waals surface area (Å²) in [7, 11) is 2.01. The first kappa shape index (κ1) is 8.53. The van der Waals surface area contributed by atoms with Crippen molar-refractivity contribution >= 4 is 22.4 Å². The Labute approximate surface area is 87.3 Å². The Hall–Kier alpha value is -1.77. The molecule has 2 aromatic rings. The summed E-state index contributed by atoms with van der Waals surface area (Å²) < 4.78 is 5.33. The standard InChI is InChI=1S/C12H11NO2/c1-13-6-4-10(14)8-2-3-11-9(12(8)13)5-7-15-11/h2-3,5,7H,4,6H2,1H3. The third kappa shape index (κ3) is 1.09. The number of carbonyl (C=O) groups is 1. The number of rotatable bonds is 0. The second-order valence-corrected chi connectivity index (χ2v) is 3.89. The number of nitrogens with zero attached hydrogens (tertiary/aromatic N) is 1. The molecule has 0 spiro atoms. The Bertz CT molecular complexity index is 542. The Kier molecular flexibility index (Phi) is 1.63. The molecule has 3 heteroatoms. The summed E-state index contributed by atoms with van der Waals surface area (Å²) in [6.45, 7) is 0.788. The van der Waals surface area contributed by atoms with Gasteiger partial charge >= 0.3 is 0 Å². The number of benzene rings is 1. The molecule has 3 rings (SSSR count). The largest absolute Gasteiger partial charge is 0.464 e.